The number of aromatic nitrogens is 3. The van der Waals surface area contributed by atoms with Gasteiger partial charge in [0.2, 0.25) is 0 Å². The minimum atomic E-state index is -0.424. The van der Waals surface area contributed by atoms with Crippen LogP contribution in [-0.2, 0) is 19.5 Å². The maximum Gasteiger partial charge on any atom is 0.194 e. The van der Waals surface area contributed by atoms with E-state index in [0.29, 0.717) is 38.4 Å². The first kappa shape index (κ1) is 20.7. The molecule has 2 aliphatic rings. The summed E-state index contributed by atoms with van der Waals surface area (Å²) in [6.45, 7) is 4.08. The Morgan fingerprint density at radius 1 is 1.14 bits per heavy atom. The first-order valence-corrected chi connectivity index (χ1v) is 9.22. The fourth-order valence-electron chi connectivity index (χ4n) is 3.72. The number of halogens is 3. The number of nitrogens with one attached hydrogen (secondary N) is 1. The summed E-state index contributed by atoms with van der Waals surface area (Å²) in [5, 5.41) is 11.8. The van der Waals surface area contributed by atoms with E-state index in [9.17, 15) is 8.78 Å². The number of guanidine groups is 1. The summed E-state index contributed by atoms with van der Waals surface area (Å²) in [6, 6.07) is 3.57. The molecule has 0 amide bonds. The minimum absolute atomic E-state index is 0. The van der Waals surface area contributed by atoms with E-state index >= 15 is 0 Å². The minimum Gasteiger partial charge on any atom is -0.366 e. The fraction of sp³-hybridized carbons (Fsp3) is 0.500. The second kappa shape index (κ2) is 9.01. The second-order valence-corrected chi connectivity index (χ2v) is 6.76. The van der Waals surface area contributed by atoms with Gasteiger partial charge in [-0.1, -0.05) is 0 Å². The van der Waals surface area contributed by atoms with Crippen molar-refractivity contribution in [2.45, 2.75) is 25.9 Å². The van der Waals surface area contributed by atoms with Crippen molar-refractivity contribution in [2.24, 2.45) is 4.99 Å². The lowest BCUT2D eigenvalue weighted by Gasteiger charge is -2.37. The summed E-state index contributed by atoms with van der Waals surface area (Å²) in [6.07, 6.45) is 2.10. The van der Waals surface area contributed by atoms with Gasteiger partial charge in [-0.15, -0.1) is 34.2 Å². The highest BCUT2D eigenvalue weighted by molar-refractivity contribution is 14.0. The van der Waals surface area contributed by atoms with Crippen LogP contribution < -0.4 is 10.2 Å². The number of fused-ring (bicyclic) bond motifs is 1. The zero-order valence-electron chi connectivity index (χ0n) is 15.7. The van der Waals surface area contributed by atoms with Gasteiger partial charge in [-0.25, -0.2) is 8.78 Å². The van der Waals surface area contributed by atoms with Crippen LogP contribution in [0.15, 0.2) is 23.2 Å². The van der Waals surface area contributed by atoms with Crippen LogP contribution in [0.3, 0.4) is 0 Å². The maximum atomic E-state index is 14.0. The van der Waals surface area contributed by atoms with Crippen molar-refractivity contribution in [1.29, 1.82) is 0 Å². The molecular weight excluding hydrogens is 479 g/mol. The maximum absolute atomic E-state index is 14.0. The van der Waals surface area contributed by atoms with Gasteiger partial charge in [0.05, 0.1) is 12.2 Å². The average molecular weight is 503 g/mol. The van der Waals surface area contributed by atoms with Gasteiger partial charge in [-0.05, 0) is 18.6 Å². The summed E-state index contributed by atoms with van der Waals surface area (Å²) in [5.74, 6) is 1.93. The lowest BCUT2D eigenvalue weighted by atomic mass is 10.2. The van der Waals surface area contributed by atoms with Crippen LogP contribution in [0.5, 0.6) is 0 Å². The summed E-state index contributed by atoms with van der Waals surface area (Å²) >= 11 is 0. The van der Waals surface area contributed by atoms with Crippen molar-refractivity contribution in [3.63, 3.8) is 0 Å². The Hall–Kier alpha value is -1.98. The first-order chi connectivity index (χ1) is 13.2. The Morgan fingerprint density at radius 3 is 2.68 bits per heavy atom. The lowest BCUT2D eigenvalue weighted by molar-refractivity contribution is 0.369. The van der Waals surface area contributed by atoms with E-state index in [2.05, 4.69) is 30.0 Å². The molecule has 2 aliphatic heterocycles. The van der Waals surface area contributed by atoms with Crippen molar-refractivity contribution in [2.75, 3.05) is 38.1 Å². The molecule has 28 heavy (non-hydrogen) atoms. The number of piperazine rings is 1. The Morgan fingerprint density at radius 2 is 1.93 bits per heavy atom. The Bertz CT molecular complexity index is 846. The Kier molecular flexibility index (Phi) is 6.68. The van der Waals surface area contributed by atoms with Crippen molar-refractivity contribution in [1.82, 2.24) is 25.0 Å². The molecule has 0 unspecified atom stereocenters. The quantitative estimate of drug-likeness (QED) is 0.395. The molecule has 152 valence electrons. The largest absolute Gasteiger partial charge is 0.366 e. The van der Waals surface area contributed by atoms with Gasteiger partial charge in [0, 0.05) is 52.3 Å². The monoisotopic (exact) mass is 503 g/mol. The molecule has 1 fully saturated rings. The first-order valence-electron chi connectivity index (χ1n) is 9.22. The van der Waals surface area contributed by atoms with Gasteiger partial charge in [0.1, 0.15) is 17.5 Å². The molecule has 10 heteroatoms. The van der Waals surface area contributed by atoms with Gasteiger partial charge >= 0.3 is 0 Å². The molecule has 0 saturated carbocycles. The summed E-state index contributed by atoms with van der Waals surface area (Å²) in [4.78, 5) is 8.34. The molecule has 3 heterocycles. The second-order valence-electron chi connectivity index (χ2n) is 6.76. The number of aliphatic imine (C=N–C) groups is 1. The molecule has 0 spiro atoms. The molecule has 0 bridgehead atoms. The van der Waals surface area contributed by atoms with Crippen LogP contribution in [-0.4, -0.2) is 58.9 Å². The van der Waals surface area contributed by atoms with E-state index in [1.807, 2.05) is 4.90 Å². The number of benzene rings is 1. The van der Waals surface area contributed by atoms with Crippen molar-refractivity contribution in [3.05, 3.63) is 41.5 Å². The van der Waals surface area contributed by atoms with E-state index < -0.39 is 11.6 Å². The molecule has 4 rings (SSSR count). The van der Waals surface area contributed by atoms with E-state index in [1.165, 1.54) is 12.1 Å². The van der Waals surface area contributed by atoms with Gasteiger partial charge in [-0.3, -0.25) is 4.99 Å². The average Bonchev–Trinajstić information content (AvgIpc) is 3.29. The predicted octanol–water partition coefficient (Wildman–Crippen LogP) is 2.02. The molecule has 1 saturated heterocycles. The molecule has 7 nitrogen and oxygen atoms in total. The summed E-state index contributed by atoms with van der Waals surface area (Å²) in [5.41, 5.74) is 0.316. The highest BCUT2D eigenvalue weighted by Crippen LogP contribution is 2.22. The molecule has 1 N–H and O–H groups in total. The van der Waals surface area contributed by atoms with Crippen LogP contribution in [0.4, 0.5) is 14.5 Å². The molecular formula is C18H24F2IN7. The van der Waals surface area contributed by atoms with Crippen LogP contribution in [0.1, 0.15) is 18.1 Å². The summed E-state index contributed by atoms with van der Waals surface area (Å²) < 4.78 is 29.6. The van der Waals surface area contributed by atoms with Crippen LogP contribution in [0.2, 0.25) is 0 Å². The number of anilines is 1. The molecule has 0 radical (unpaired) electrons. The van der Waals surface area contributed by atoms with Crippen LogP contribution in [0.25, 0.3) is 0 Å². The third-order valence-electron chi connectivity index (χ3n) is 5.13. The van der Waals surface area contributed by atoms with Gasteiger partial charge in [-0.2, -0.15) is 0 Å². The molecule has 1 aromatic heterocycles. The highest BCUT2D eigenvalue weighted by atomic mass is 127. The van der Waals surface area contributed by atoms with E-state index in [0.717, 1.165) is 43.1 Å². The molecule has 1 aromatic carbocycles. The number of hydrogen-bond acceptors (Lipinski definition) is 4. The van der Waals surface area contributed by atoms with Crippen molar-refractivity contribution in [3.8, 4) is 0 Å². The van der Waals surface area contributed by atoms with E-state index in [-0.39, 0.29) is 24.0 Å². The van der Waals surface area contributed by atoms with E-state index in [4.69, 9.17) is 0 Å². The number of rotatable bonds is 3. The normalized spacial score (nSPS) is 16.8. The van der Waals surface area contributed by atoms with Crippen molar-refractivity contribution < 1.29 is 8.78 Å². The Balaban J connectivity index is 0.00000225. The zero-order valence-corrected chi connectivity index (χ0v) is 18.1. The number of hydrogen-bond donors (Lipinski definition) is 1. The van der Waals surface area contributed by atoms with Crippen LogP contribution in [0, 0.1) is 11.6 Å². The Labute approximate surface area is 179 Å². The molecule has 2 aromatic rings. The third kappa shape index (κ3) is 4.20. The van der Waals surface area contributed by atoms with Crippen molar-refractivity contribution >= 4 is 35.6 Å². The SMILES string of the molecule is CN=C(NCc1nnc2n1CCC2)N1CCN(c2cc(F)ccc2F)CC1.I. The van der Waals surface area contributed by atoms with Gasteiger partial charge in [0.15, 0.2) is 11.8 Å². The number of nitrogens with zero attached hydrogens (tertiary/aromatic N) is 6. The third-order valence-corrected chi connectivity index (χ3v) is 5.13. The highest BCUT2D eigenvalue weighted by Gasteiger charge is 2.23. The van der Waals surface area contributed by atoms with Crippen LogP contribution >= 0.6 is 24.0 Å². The fourth-order valence-corrected chi connectivity index (χ4v) is 3.72. The van der Waals surface area contributed by atoms with E-state index in [1.54, 1.807) is 7.05 Å². The predicted molar refractivity (Wildman–Crippen MR) is 114 cm³/mol. The zero-order chi connectivity index (χ0) is 18.8. The number of aryl methyl sites for hydroxylation is 1. The topological polar surface area (TPSA) is 61.6 Å². The molecule has 0 atom stereocenters. The van der Waals surface area contributed by atoms with Gasteiger partial charge in [0.25, 0.3) is 0 Å². The smallest absolute Gasteiger partial charge is 0.194 e. The van der Waals surface area contributed by atoms with Gasteiger partial charge < -0.3 is 19.7 Å². The standard InChI is InChI=1S/C18H23F2N7.HI/c1-21-18(22-12-17-24-23-16-3-2-6-27(16)17)26-9-7-25(8-10-26)15-11-13(19)4-5-14(15)20;/h4-5,11H,2-3,6-10,12H2,1H3,(H,21,22);1H. The molecule has 0 aliphatic carbocycles. The summed E-state index contributed by atoms with van der Waals surface area (Å²) in [7, 11) is 1.75. The lowest BCUT2D eigenvalue weighted by Crippen LogP contribution is -2.52.